The van der Waals surface area contributed by atoms with Gasteiger partial charge in [-0.3, -0.25) is 9.79 Å². The van der Waals surface area contributed by atoms with Crippen molar-refractivity contribution in [3.8, 4) is 0 Å². The lowest BCUT2D eigenvalue weighted by Crippen LogP contribution is -2.46. The smallest absolute Gasteiger partial charge is 0.250 e. The molecule has 0 saturated carbocycles. The van der Waals surface area contributed by atoms with E-state index in [1.54, 1.807) is 19.2 Å². The Morgan fingerprint density at radius 1 is 1.38 bits per heavy atom. The van der Waals surface area contributed by atoms with Gasteiger partial charge < -0.3 is 15.5 Å². The van der Waals surface area contributed by atoms with Crippen molar-refractivity contribution in [3.05, 3.63) is 17.0 Å². The van der Waals surface area contributed by atoms with E-state index in [0.29, 0.717) is 29.7 Å². The standard InChI is InChI=1S/C16H27N5O3S2/c1-4-14(22)21-10-7-13(11-21)20-16(17-3)18-8-9-19-26(23,24)15-6-5-12(2)25-15/h5-6,13,19H,4,7-11H2,1-3H3,(H2,17,18,20). The second-order valence-electron chi connectivity index (χ2n) is 6.09. The number of carbonyl (C=O) groups excluding carboxylic acids is 1. The first-order valence-corrected chi connectivity index (χ1v) is 11.0. The van der Waals surface area contributed by atoms with Crippen LogP contribution in [0.3, 0.4) is 0 Å². The molecule has 1 aliphatic rings. The molecule has 0 bridgehead atoms. The Morgan fingerprint density at radius 2 is 2.15 bits per heavy atom. The molecule has 10 heteroatoms. The summed E-state index contributed by atoms with van der Waals surface area (Å²) < 4.78 is 27.2. The van der Waals surface area contributed by atoms with Gasteiger partial charge in [0.15, 0.2) is 5.96 Å². The largest absolute Gasteiger partial charge is 0.355 e. The molecule has 2 rings (SSSR count). The van der Waals surface area contributed by atoms with Crippen molar-refractivity contribution in [3.63, 3.8) is 0 Å². The van der Waals surface area contributed by atoms with Gasteiger partial charge in [-0.2, -0.15) is 0 Å². The fourth-order valence-corrected chi connectivity index (χ4v) is 5.07. The molecular weight excluding hydrogens is 374 g/mol. The zero-order valence-electron chi connectivity index (χ0n) is 15.4. The van der Waals surface area contributed by atoms with E-state index >= 15 is 0 Å². The second-order valence-corrected chi connectivity index (χ2v) is 9.37. The minimum Gasteiger partial charge on any atom is -0.355 e. The van der Waals surface area contributed by atoms with Crippen molar-refractivity contribution in [1.29, 1.82) is 0 Å². The lowest BCUT2D eigenvalue weighted by atomic mass is 10.3. The molecule has 8 nitrogen and oxygen atoms in total. The van der Waals surface area contributed by atoms with Crippen molar-refractivity contribution in [1.82, 2.24) is 20.3 Å². The molecule has 146 valence electrons. The SMILES string of the molecule is CCC(=O)N1CCC(NC(=NC)NCCNS(=O)(=O)c2ccc(C)s2)C1. The average molecular weight is 402 g/mol. The molecule has 1 fully saturated rings. The van der Waals surface area contributed by atoms with Gasteiger partial charge in [0.05, 0.1) is 0 Å². The van der Waals surface area contributed by atoms with Crippen LogP contribution in [0.5, 0.6) is 0 Å². The number of hydrogen-bond donors (Lipinski definition) is 3. The molecule has 0 aromatic carbocycles. The Kier molecular flexibility index (Phi) is 7.42. The number of carbonyl (C=O) groups is 1. The summed E-state index contributed by atoms with van der Waals surface area (Å²) in [6, 6.07) is 3.55. The Labute approximate surface area is 159 Å². The van der Waals surface area contributed by atoms with Crippen molar-refractivity contribution < 1.29 is 13.2 Å². The minimum absolute atomic E-state index is 0.155. The predicted octanol–water partition coefficient (Wildman–Crippen LogP) is 0.511. The molecule has 1 unspecified atom stereocenters. The topological polar surface area (TPSA) is 103 Å². The van der Waals surface area contributed by atoms with Gasteiger partial charge in [0.2, 0.25) is 15.9 Å². The highest BCUT2D eigenvalue weighted by Crippen LogP contribution is 2.19. The number of aryl methyl sites for hydroxylation is 1. The Hall–Kier alpha value is -1.65. The number of likely N-dealkylation sites (tertiary alicyclic amines) is 1. The Morgan fingerprint density at radius 3 is 2.77 bits per heavy atom. The van der Waals surface area contributed by atoms with E-state index in [4.69, 9.17) is 0 Å². The van der Waals surface area contributed by atoms with Crippen LogP contribution in [0.4, 0.5) is 0 Å². The summed E-state index contributed by atoms with van der Waals surface area (Å²) in [7, 11) is -1.80. The first-order chi connectivity index (χ1) is 12.4. The monoisotopic (exact) mass is 401 g/mol. The van der Waals surface area contributed by atoms with Gasteiger partial charge in [0, 0.05) is 50.6 Å². The predicted molar refractivity (Wildman–Crippen MR) is 104 cm³/mol. The van der Waals surface area contributed by atoms with Crippen LogP contribution in [0.1, 0.15) is 24.6 Å². The lowest BCUT2D eigenvalue weighted by molar-refractivity contribution is -0.129. The number of guanidine groups is 1. The van der Waals surface area contributed by atoms with Crippen LogP contribution in [0.25, 0.3) is 0 Å². The first-order valence-electron chi connectivity index (χ1n) is 8.66. The summed E-state index contributed by atoms with van der Waals surface area (Å²) in [6.07, 6.45) is 1.39. The van der Waals surface area contributed by atoms with Gasteiger partial charge in [-0.1, -0.05) is 6.92 Å². The third kappa shape index (κ3) is 5.68. The van der Waals surface area contributed by atoms with Crippen LogP contribution >= 0.6 is 11.3 Å². The molecule has 1 amide bonds. The number of thiophene rings is 1. The van der Waals surface area contributed by atoms with Crippen LogP contribution in [-0.2, 0) is 14.8 Å². The highest BCUT2D eigenvalue weighted by molar-refractivity contribution is 7.91. The maximum Gasteiger partial charge on any atom is 0.250 e. The van der Waals surface area contributed by atoms with Crippen LogP contribution in [-0.4, -0.2) is 64.5 Å². The van der Waals surface area contributed by atoms with Gasteiger partial charge in [-0.25, -0.2) is 13.1 Å². The van der Waals surface area contributed by atoms with Gasteiger partial charge in [-0.15, -0.1) is 11.3 Å². The molecule has 0 radical (unpaired) electrons. The van der Waals surface area contributed by atoms with E-state index in [0.717, 1.165) is 17.8 Å². The Balaban J connectivity index is 1.73. The molecule has 1 aliphatic heterocycles. The van der Waals surface area contributed by atoms with E-state index in [2.05, 4.69) is 20.3 Å². The van der Waals surface area contributed by atoms with Gasteiger partial charge in [-0.05, 0) is 25.5 Å². The van der Waals surface area contributed by atoms with Crippen molar-refractivity contribution in [2.24, 2.45) is 4.99 Å². The third-order valence-corrected chi connectivity index (χ3v) is 7.05. The molecule has 3 N–H and O–H groups in total. The molecule has 1 aromatic rings. The third-order valence-electron chi connectivity index (χ3n) is 4.10. The molecular formula is C16H27N5O3S2. The van der Waals surface area contributed by atoms with Crippen LogP contribution < -0.4 is 15.4 Å². The summed E-state index contributed by atoms with van der Waals surface area (Å²) in [5.74, 6) is 0.766. The number of aliphatic imine (C=N–C) groups is 1. The zero-order valence-corrected chi connectivity index (χ0v) is 17.0. The number of hydrogen-bond acceptors (Lipinski definition) is 5. The van der Waals surface area contributed by atoms with Gasteiger partial charge >= 0.3 is 0 Å². The number of amides is 1. The molecule has 2 heterocycles. The maximum absolute atomic E-state index is 12.2. The van der Waals surface area contributed by atoms with Crippen LogP contribution in [0.2, 0.25) is 0 Å². The number of nitrogens with zero attached hydrogens (tertiary/aromatic N) is 2. The molecule has 1 atom stereocenters. The first kappa shape index (κ1) is 20.7. The maximum atomic E-state index is 12.2. The summed E-state index contributed by atoms with van der Waals surface area (Å²) >= 11 is 1.25. The van der Waals surface area contributed by atoms with E-state index in [1.165, 1.54) is 11.3 Å². The lowest BCUT2D eigenvalue weighted by Gasteiger charge is -2.18. The minimum atomic E-state index is -3.46. The van der Waals surface area contributed by atoms with E-state index < -0.39 is 10.0 Å². The average Bonchev–Trinajstić information content (AvgIpc) is 3.26. The molecule has 26 heavy (non-hydrogen) atoms. The van der Waals surface area contributed by atoms with E-state index in [9.17, 15) is 13.2 Å². The molecule has 0 aliphatic carbocycles. The van der Waals surface area contributed by atoms with E-state index in [-0.39, 0.29) is 18.5 Å². The zero-order chi connectivity index (χ0) is 19.2. The summed E-state index contributed by atoms with van der Waals surface area (Å²) in [5, 5.41) is 6.37. The molecule has 1 aromatic heterocycles. The Bertz CT molecular complexity index is 745. The fourth-order valence-electron chi connectivity index (χ4n) is 2.71. The van der Waals surface area contributed by atoms with Crippen molar-refractivity contribution in [2.45, 2.75) is 36.9 Å². The van der Waals surface area contributed by atoms with Crippen molar-refractivity contribution >= 4 is 33.2 Å². The highest BCUT2D eigenvalue weighted by atomic mass is 32.2. The molecule has 1 saturated heterocycles. The number of nitrogens with one attached hydrogen (secondary N) is 3. The normalized spacial score (nSPS) is 18.2. The number of sulfonamides is 1. The summed E-state index contributed by atoms with van der Waals surface area (Å²) in [6.45, 7) is 5.82. The number of rotatable bonds is 7. The summed E-state index contributed by atoms with van der Waals surface area (Å²) in [4.78, 5) is 18.7. The van der Waals surface area contributed by atoms with Gasteiger partial charge in [0.25, 0.3) is 0 Å². The van der Waals surface area contributed by atoms with E-state index in [1.807, 2.05) is 18.7 Å². The van der Waals surface area contributed by atoms with Crippen LogP contribution in [0, 0.1) is 6.92 Å². The summed E-state index contributed by atoms with van der Waals surface area (Å²) in [5.41, 5.74) is 0. The quantitative estimate of drug-likeness (QED) is 0.351. The molecule has 0 spiro atoms. The second kappa shape index (κ2) is 9.33. The van der Waals surface area contributed by atoms with Gasteiger partial charge in [0.1, 0.15) is 4.21 Å². The van der Waals surface area contributed by atoms with Crippen LogP contribution in [0.15, 0.2) is 21.3 Å². The fraction of sp³-hybridized carbons (Fsp3) is 0.625. The highest BCUT2D eigenvalue weighted by Gasteiger charge is 2.25. The van der Waals surface area contributed by atoms with Crippen molar-refractivity contribution in [2.75, 3.05) is 33.2 Å².